The molecule has 0 aromatic carbocycles. The number of carbonyl (C=O) groups is 3. The number of ether oxygens (including phenoxy) is 4. The summed E-state index contributed by atoms with van der Waals surface area (Å²) in [5.41, 5.74) is 0. The highest BCUT2D eigenvalue weighted by Gasteiger charge is 2.22. The maximum Gasteiger partial charge on any atom is 0.306 e. The Balaban J connectivity index is 4.12. The number of rotatable bonds is 56. The second kappa shape index (κ2) is 56.7. The van der Waals surface area contributed by atoms with Crippen molar-refractivity contribution >= 4 is 17.9 Å². The fourth-order valence-corrected chi connectivity index (χ4v) is 8.43. The number of carboxylic acids is 1. The lowest BCUT2D eigenvalue weighted by molar-refractivity contribution is -0.870. The zero-order valence-corrected chi connectivity index (χ0v) is 49.1. The minimum absolute atomic E-state index is 0.134. The third-order valence-corrected chi connectivity index (χ3v) is 13.1. The molecule has 0 aliphatic heterocycles. The van der Waals surface area contributed by atoms with Crippen LogP contribution in [-0.4, -0.2) is 82.3 Å². The second-order valence-electron chi connectivity index (χ2n) is 21.6. The Kier molecular flexibility index (Phi) is 54.0. The van der Waals surface area contributed by atoms with Crippen molar-refractivity contribution in [2.45, 2.75) is 270 Å². The van der Waals surface area contributed by atoms with Gasteiger partial charge in [0.25, 0.3) is 0 Å². The number of hydrogen-bond donors (Lipinski definition) is 0. The summed E-state index contributed by atoms with van der Waals surface area (Å²) in [4.78, 5) is 37.3. The quantitative estimate of drug-likeness (QED) is 0.0195. The van der Waals surface area contributed by atoms with Crippen LogP contribution in [0.2, 0.25) is 0 Å². The number of nitrogens with zero attached hydrogens (tertiary/aromatic N) is 1. The first-order valence-corrected chi connectivity index (χ1v) is 30.7. The van der Waals surface area contributed by atoms with Crippen LogP contribution in [0.3, 0.4) is 0 Å². The lowest BCUT2D eigenvalue weighted by atomic mass is 10.0. The van der Waals surface area contributed by atoms with Crippen LogP contribution in [-0.2, 0) is 33.3 Å². The molecule has 0 aromatic rings. The van der Waals surface area contributed by atoms with Crippen LogP contribution in [0.1, 0.15) is 258 Å². The van der Waals surface area contributed by atoms with Gasteiger partial charge in [-0.3, -0.25) is 9.59 Å². The minimum Gasteiger partial charge on any atom is -0.545 e. The van der Waals surface area contributed by atoms with E-state index in [4.69, 9.17) is 18.9 Å². The number of carbonyl (C=O) groups excluding carboxylic acids is 3. The van der Waals surface area contributed by atoms with Gasteiger partial charge >= 0.3 is 11.9 Å². The Morgan fingerprint density at radius 1 is 0.413 bits per heavy atom. The van der Waals surface area contributed by atoms with E-state index < -0.39 is 24.3 Å². The van der Waals surface area contributed by atoms with Crippen molar-refractivity contribution in [3.63, 3.8) is 0 Å². The van der Waals surface area contributed by atoms with Gasteiger partial charge in [-0.05, 0) is 83.5 Å². The van der Waals surface area contributed by atoms with Gasteiger partial charge in [-0.15, -0.1) is 0 Å². The van der Waals surface area contributed by atoms with Gasteiger partial charge in [-0.1, -0.05) is 247 Å². The van der Waals surface area contributed by atoms with Crippen LogP contribution in [0.4, 0.5) is 0 Å². The van der Waals surface area contributed by atoms with Crippen molar-refractivity contribution in [1.29, 1.82) is 0 Å². The van der Waals surface area contributed by atoms with Crippen LogP contribution in [0.5, 0.6) is 0 Å². The average Bonchev–Trinajstić information content (AvgIpc) is 3.38. The Morgan fingerprint density at radius 2 is 0.773 bits per heavy atom. The number of likely N-dealkylation sites (N-methyl/N-ethyl adjacent to an activating group) is 1. The summed E-state index contributed by atoms with van der Waals surface area (Å²) >= 11 is 0. The molecule has 0 N–H and O–H groups in total. The van der Waals surface area contributed by atoms with E-state index >= 15 is 0 Å². The van der Waals surface area contributed by atoms with Gasteiger partial charge in [0.1, 0.15) is 13.2 Å². The zero-order chi connectivity index (χ0) is 54.8. The van der Waals surface area contributed by atoms with E-state index in [1.807, 2.05) is 21.1 Å². The first-order valence-electron chi connectivity index (χ1n) is 30.7. The van der Waals surface area contributed by atoms with E-state index in [-0.39, 0.29) is 38.6 Å². The van der Waals surface area contributed by atoms with E-state index in [1.165, 1.54) is 161 Å². The fraction of sp³-hybridized carbons (Fsp3) is 0.742. The van der Waals surface area contributed by atoms with Gasteiger partial charge in [0.05, 0.1) is 40.3 Å². The largest absolute Gasteiger partial charge is 0.545 e. The summed E-state index contributed by atoms with van der Waals surface area (Å²) in [6, 6.07) is 0. The predicted octanol–water partition coefficient (Wildman–Crippen LogP) is 17.0. The molecule has 0 rings (SSSR count). The molecule has 2 unspecified atom stereocenters. The predicted molar refractivity (Wildman–Crippen MR) is 315 cm³/mol. The Morgan fingerprint density at radius 3 is 1.17 bits per heavy atom. The fourth-order valence-electron chi connectivity index (χ4n) is 8.43. The Bertz CT molecular complexity index is 1500. The molecule has 0 saturated carbocycles. The molecule has 0 aromatic heterocycles. The lowest BCUT2D eigenvalue weighted by Crippen LogP contribution is -2.44. The van der Waals surface area contributed by atoms with Gasteiger partial charge in [-0.2, -0.15) is 0 Å². The van der Waals surface area contributed by atoms with Crippen molar-refractivity contribution in [3.05, 3.63) is 85.1 Å². The Labute approximate surface area is 461 Å². The van der Waals surface area contributed by atoms with Gasteiger partial charge in [0.15, 0.2) is 12.4 Å². The molecule has 0 radical (unpaired) electrons. The van der Waals surface area contributed by atoms with Crippen molar-refractivity contribution in [1.82, 2.24) is 0 Å². The van der Waals surface area contributed by atoms with E-state index in [1.54, 1.807) is 0 Å². The summed E-state index contributed by atoms with van der Waals surface area (Å²) < 4.78 is 22.6. The van der Waals surface area contributed by atoms with Crippen LogP contribution in [0.25, 0.3) is 0 Å². The number of esters is 2. The van der Waals surface area contributed by atoms with Crippen LogP contribution < -0.4 is 5.11 Å². The van der Waals surface area contributed by atoms with Gasteiger partial charge < -0.3 is 33.3 Å². The summed E-state index contributed by atoms with van der Waals surface area (Å²) in [7, 11) is 5.90. The van der Waals surface area contributed by atoms with Crippen molar-refractivity contribution < 1.29 is 42.9 Å². The molecular weight excluding hydrogens is 935 g/mol. The highest BCUT2D eigenvalue weighted by Crippen LogP contribution is 2.17. The number of quaternary nitrogens is 1. The van der Waals surface area contributed by atoms with Crippen molar-refractivity contribution in [2.24, 2.45) is 0 Å². The topological polar surface area (TPSA) is 111 Å². The molecule has 0 aliphatic carbocycles. The van der Waals surface area contributed by atoms with E-state index in [0.717, 1.165) is 57.8 Å². The molecule has 9 nitrogen and oxygen atoms in total. The highest BCUT2D eigenvalue weighted by molar-refractivity contribution is 5.70. The van der Waals surface area contributed by atoms with Crippen molar-refractivity contribution in [2.75, 3.05) is 47.5 Å². The molecule has 0 saturated heterocycles. The number of carboxylic acid groups (broad SMARTS) is 1. The highest BCUT2D eigenvalue weighted by atomic mass is 16.7. The second-order valence-corrected chi connectivity index (χ2v) is 21.6. The maximum atomic E-state index is 12.8. The number of hydrogen-bond acceptors (Lipinski definition) is 8. The standard InChI is InChI=1S/C66H115NO8/c1-6-8-10-12-14-16-18-20-22-24-25-26-27-28-29-30-31-32-33-34-35-36-37-38-39-41-42-44-46-48-50-52-54-56-63(68)73-60-62(61-74-66(65(70)71)72-59-58-67(3,4)5)75-64(69)57-55-53-51-49-47-45-43-40-23-21-19-17-15-13-11-9-7-2/h9,11,15,17-18,20-21,23-25,43,45,49,51,62,66H,6-8,10,12-14,16,19,22,26-42,44,46-48,50,52-61H2,1-5H3/b11-9-,17-15-,20-18-,23-21-,25-24-,45-43-,51-49-. The molecule has 2 atom stereocenters. The van der Waals surface area contributed by atoms with Crippen LogP contribution >= 0.6 is 0 Å². The van der Waals surface area contributed by atoms with Gasteiger partial charge in [-0.25, -0.2) is 0 Å². The number of allylic oxidation sites excluding steroid dienone is 14. The van der Waals surface area contributed by atoms with E-state index in [9.17, 15) is 19.5 Å². The summed E-state index contributed by atoms with van der Waals surface area (Å²) in [5.74, 6) is -2.36. The molecule has 0 fully saturated rings. The number of unbranched alkanes of at least 4 members (excludes halogenated alkanes) is 27. The third kappa shape index (κ3) is 58.0. The first-order chi connectivity index (χ1) is 36.6. The van der Waals surface area contributed by atoms with Crippen LogP contribution in [0, 0.1) is 0 Å². The van der Waals surface area contributed by atoms with Gasteiger partial charge in [0.2, 0.25) is 0 Å². The number of aliphatic carboxylic acids is 1. The summed E-state index contributed by atoms with van der Waals surface area (Å²) in [5, 5.41) is 11.8. The SMILES string of the molecule is CC/C=C\C/C=C\C/C=C\C/C=C\C/C=C\CCCC(=O)OC(COC(=O)CCCCCCCCCCCCCCCCCCCCCCC/C=C\C/C=C\CCCCCCC)COC(OCC[N+](C)(C)C)C(=O)[O-]. The molecule has 9 heteroatoms. The summed E-state index contributed by atoms with van der Waals surface area (Å²) in [6.07, 6.45) is 72.4. The molecule has 0 bridgehead atoms. The minimum atomic E-state index is -1.64. The lowest BCUT2D eigenvalue weighted by Gasteiger charge is -2.26. The molecule has 432 valence electrons. The molecule has 0 amide bonds. The molecule has 0 aliphatic rings. The molecule has 0 spiro atoms. The molecule has 0 heterocycles. The maximum absolute atomic E-state index is 12.8. The normalized spacial score (nSPS) is 13.3. The molecule has 75 heavy (non-hydrogen) atoms. The summed E-state index contributed by atoms with van der Waals surface area (Å²) in [6.45, 7) is 4.57. The first kappa shape index (κ1) is 71.5. The zero-order valence-electron chi connectivity index (χ0n) is 49.1. The van der Waals surface area contributed by atoms with E-state index in [2.05, 4.69) is 98.9 Å². The molecular formula is C66H115NO8. The van der Waals surface area contributed by atoms with Gasteiger partial charge in [0, 0.05) is 12.8 Å². The average molecular weight is 1050 g/mol. The Hall–Kier alpha value is -3.53. The third-order valence-electron chi connectivity index (χ3n) is 13.1. The smallest absolute Gasteiger partial charge is 0.306 e. The van der Waals surface area contributed by atoms with E-state index in [0.29, 0.717) is 23.9 Å². The van der Waals surface area contributed by atoms with Crippen LogP contribution in [0.15, 0.2) is 85.1 Å². The van der Waals surface area contributed by atoms with Crippen molar-refractivity contribution in [3.8, 4) is 0 Å². The monoisotopic (exact) mass is 1050 g/mol.